The molecule has 0 heterocycles. The van der Waals surface area contributed by atoms with Gasteiger partial charge in [0.1, 0.15) is 0 Å². The third kappa shape index (κ3) is 5.51. The van der Waals surface area contributed by atoms with Crippen molar-refractivity contribution in [1.82, 2.24) is 0 Å². The molecule has 0 spiro atoms. The van der Waals surface area contributed by atoms with Gasteiger partial charge in [-0.2, -0.15) is 55.6 Å². The number of rotatable bonds is 0. The number of hydrogen-bond donors (Lipinski definition) is 0. The van der Waals surface area contributed by atoms with E-state index in [1.54, 1.807) is 0 Å². The van der Waals surface area contributed by atoms with Crippen molar-refractivity contribution in [1.29, 1.82) is 0 Å². The first-order valence-electron chi connectivity index (χ1n) is 7.50. The van der Waals surface area contributed by atoms with Crippen LogP contribution in [-0.4, -0.2) is 0 Å². The predicted octanol–water partition coefficient (Wildman–Crippen LogP) is 6.80. The Kier molecular flexibility index (Phi) is 13.1. The summed E-state index contributed by atoms with van der Waals surface area (Å²) in [6, 6.07) is 0. The first-order chi connectivity index (χ1) is 9.11. The van der Waals surface area contributed by atoms with E-state index in [-0.39, 0.29) is 54.8 Å². The van der Waals surface area contributed by atoms with Crippen LogP contribution in [0.2, 0.25) is 0 Å². The van der Waals surface area contributed by atoms with E-state index in [1.807, 2.05) is 0 Å². The SMILES string of the molecule is Cc1c(C)c(C)[c-](C)c1C.Cc1c(C)c(C)[c-](C)c1C.[CH3-].[CH3-].[Th+4]. The van der Waals surface area contributed by atoms with Gasteiger partial charge in [-0.3, -0.25) is 0 Å². The van der Waals surface area contributed by atoms with Crippen LogP contribution in [0.15, 0.2) is 0 Å². The molecule has 23 heavy (non-hydrogen) atoms. The molecule has 0 nitrogen and oxygen atoms in total. The van der Waals surface area contributed by atoms with Crippen molar-refractivity contribution >= 4 is 0 Å². The first kappa shape index (κ1) is 27.9. The molecule has 0 fully saturated rings. The molecule has 0 saturated heterocycles. The van der Waals surface area contributed by atoms with Crippen LogP contribution in [0.1, 0.15) is 55.6 Å². The van der Waals surface area contributed by atoms with Crippen LogP contribution >= 0.6 is 0 Å². The fraction of sp³-hybridized carbons (Fsp3) is 0.455. The van der Waals surface area contributed by atoms with Gasteiger partial charge in [-0.25, -0.2) is 0 Å². The molecule has 0 aromatic heterocycles. The molecule has 2 aromatic carbocycles. The average molecular weight is 533 g/mol. The molecule has 0 saturated carbocycles. The Morgan fingerprint density at radius 1 is 0.435 bits per heavy atom. The van der Waals surface area contributed by atoms with E-state index in [0.29, 0.717) is 0 Å². The molecule has 0 amide bonds. The van der Waals surface area contributed by atoms with Crippen molar-refractivity contribution in [3.8, 4) is 0 Å². The summed E-state index contributed by atoms with van der Waals surface area (Å²) < 4.78 is 0. The van der Waals surface area contributed by atoms with Crippen LogP contribution in [0.3, 0.4) is 0 Å². The Morgan fingerprint density at radius 3 is 0.609 bits per heavy atom. The van der Waals surface area contributed by atoms with Crippen LogP contribution in [0.25, 0.3) is 0 Å². The molecule has 0 atom stereocenters. The molecular weight excluding hydrogens is 496 g/mol. The van der Waals surface area contributed by atoms with Crippen molar-refractivity contribution in [2.24, 2.45) is 0 Å². The molecule has 1 heteroatoms. The monoisotopic (exact) mass is 532 g/mol. The van der Waals surface area contributed by atoms with E-state index in [4.69, 9.17) is 0 Å². The van der Waals surface area contributed by atoms with Crippen LogP contribution in [0, 0.1) is 124 Å². The second-order valence-electron chi connectivity index (χ2n) is 6.25. The van der Waals surface area contributed by atoms with Crippen LogP contribution in [0.5, 0.6) is 0 Å². The van der Waals surface area contributed by atoms with Crippen LogP contribution in [0.4, 0.5) is 0 Å². The number of hydrogen-bond acceptors (Lipinski definition) is 0. The van der Waals surface area contributed by atoms with E-state index in [0.717, 1.165) is 0 Å². The zero-order valence-electron chi connectivity index (χ0n) is 17.5. The van der Waals surface area contributed by atoms with Crippen molar-refractivity contribution in [3.63, 3.8) is 0 Å². The Balaban J connectivity index is -0.000000308. The summed E-state index contributed by atoms with van der Waals surface area (Å²) in [6.45, 7) is 22.0. The molecule has 0 N–H and O–H groups in total. The smallest absolute Gasteiger partial charge is 0.358 e. The van der Waals surface area contributed by atoms with Gasteiger partial charge in [-0.15, -0.1) is 0 Å². The van der Waals surface area contributed by atoms with Crippen LogP contribution in [-0.2, 0) is 0 Å². The summed E-state index contributed by atoms with van der Waals surface area (Å²) in [4.78, 5) is 0. The van der Waals surface area contributed by atoms with E-state index in [2.05, 4.69) is 69.2 Å². The minimum atomic E-state index is 0. The largest absolute Gasteiger partial charge is 4.00 e. The molecule has 0 unspecified atom stereocenters. The maximum atomic E-state index is 2.20. The zero-order chi connectivity index (χ0) is 15.8. The minimum Gasteiger partial charge on any atom is -0.358 e. The molecule has 2 rings (SSSR count). The fourth-order valence-electron chi connectivity index (χ4n) is 2.81. The fourth-order valence-corrected chi connectivity index (χ4v) is 2.81. The maximum Gasteiger partial charge on any atom is 4.00 e. The van der Waals surface area contributed by atoms with E-state index in [1.165, 1.54) is 55.6 Å². The topological polar surface area (TPSA) is 0 Å². The Hall–Kier alpha value is 0.0247. The zero-order valence-corrected chi connectivity index (χ0v) is 21.6. The molecule has 0 aliphatic carbocycles. The average Bonchev–Trinajstić information content (AvgIpc) is 2.71. The third-order valence-corrected chi connectivity index (χ3v) is 5.62. The molecule has 0 radical (unpaired) electrons. The van der Waals surface area contributed by atoms with Gasteiger partial charge in [-0.1, -0.05) is 69.2 Å². The first-order valence-corrected chi connectivity index (χ1v) is 7.50. The summed E-state index contributed by atoms with van der Waals surface area (Å²) in [5.41, 5.74) is 14.7. The van der Waals surface area contributed by atoms with Crippen molar-refractivity contribution < 1.29 is 39.9 Å². The van der Waals surface area contributed by atoms with Crippen molar-refractivity contribution in [2.75, 3.05) is 0 Å². The summed E-state index contributed by atoms with van der Waals surface area (Å²) in [5, 5.41) is 0. The molecule has 2 aromatic rings. The van der Waals surface area contributed by atoms with Gasteiger partial charge >= 0.3 is 39.9 Å². The summed E-state index contributed by atoms with van der Waals surface area (Å²) >= 11 is 0. The van der Waals surface area contributed by atoms with Gasteiger partial charge < -0.3 is 14.9 Å². The molecule has 0 aliphatic rings. The van der Waals surface area contributed by atoms with Gasteiger partial charge in [0.15, 0.2) is 0 Å². The van der Waals surface area contributed by atoms with Crippen LogP contribution < -0.4 is 0 Å². The summed E-state index contributed by atoms with van der Waals surface area (Å²) in [6.07, 6.45) is 0. The third-order valence-electron chi connectivity index (χ3n) is 5.62. The minimum absolute atomic E-state index is 0. The summed E-state index contributed by atoms with van der Waals surface area (Å²) in [5.74, 6) is 0. The van der Waals surface area contributed by atoms with E-state index < -0.39 is 0 Å². The normalized spacial score (nSPS) is 9.13. The quantitative estimate of drug-likeness (QED) is 0.328. The van der Waals surface area contributed by atoms with Gasteiger partial charge in [-0.05, 0) is 0 Å². The maximum absolute atomic E-state index is 2.20. The molecule has 0 bridgehead atoms. The Bertz CT molecular complexity index is 405. The predicted molar refractivity (Wildman–Crippen MR) is 104 cm³/mol. The second-order valence-corrected chi connectivity index (χ2v) is 6.25. The van der Waals surface area contributed by atoms with Gasteiger partial charge in [0.25, 0.3) is 0 Å². The summed E-state index contributed by atoms with van der Waals surface area (Å²) in [7, 11) is 0. The molecule has 128 valence electrons. The standard InChI is InChI=1S/2C10H15.2CH3.Th/c2*1-6-7(2)9(4)10(5)8(6)3;;;/h2*1-5H3;2*1H3;/q4*-1;+4. The molecule has 0 aliphatic heterocycles. The van der Waals surface area contributed by atoms with Gasteiger partial charge in [0, 0.05) is 0 Å². The van der Waals surface area contributed by atoms with Crippen molar-refractivity contribution in [3.05, 3.63) is 70.5 Å². The van der Waals surface area contributed by atoms with Gasteiger partial charge in [0.2, 0.25) is 0 Å². The van der Waals surface area contributed by atoms with Crippen molar-refractivity contribution in [2.45, 2.75) is 69.2 Å². The van der Waals surface area contributed by atoms with E-state index in [9.17, 15) is 0 Å². The van der Waals surface area contributed by atoms with Gasteiger partial charge in [0.05, 0.1) is 0 Å². The van der Waals surface area contributed by atoms with E-state index >= 15 is 0 Å². The molecular formula is C22H36Th. The second kappa shape index (κ2) is 10.8. The Morgan fingerprint density at radius 2 is 0.565 bits per heavy atom. The Labute approximate surface area is 178 Å².